The fraction of sp³-hybridized carbons (Fsp3) is 0.333. The highest BCUT2D eigenvalue weighted by atomic mass is 79.9. The second kappa shape index (κ2) is 4.57. The van der Waals surface area contributed by atoms with Crippen molar-refractivity contribution in [3.05, 3.63) is 29.8 Å². The summed E-state index contributed by atoms with van der Waals surface area (Å²) in [6.07, 6.45) is 0. The molecule has 0 radical (unpaired) electrons. The number of hydrogen-bond donors (Lipinski definition) is 0. The summed E-state index contributed by atoms with van der Waals surface area (Å²) < 4.78 is 36.1. The van der Waals surface area contributed by atoms with E-state index >= 15 is 0 Å². The van der Waals surface area contributed by atoms with Crippen LogP contribution >= 0.6 is 27.7 Å². The third-order valence-electron chi connectivity index (χ3n) is 1.55. The second-order valence-corrected chi connectivity index (χ2v) is 5.25. The van der Waals surface area contributed by atoms with E-state index in [1.54, 1.807) is 12.1 Å². The molecule has 5 heteroatoms. The first-order valence-corrected chi connectivity index (χ1v) is 5.61. The number of halogens is 4. The molecule has 0 amide bonds. The van der Waals surface area contributed by atoms with Crippen LogP contribution in [0.5, 0.6) is 0 Å². The van der Waals surface area contributed by atoms with Crippen molar-refractivity contribution in [2.45, 2.75) is 22.2 Å². The summed E-state index contributed by atoms with van der Waals surface area (Å²) in [4.78, 5) is 0.289. The van der Waals surface area contributed by atoms with Crippen LogP contribution in [0.1, 0.15) is 17.3 Å². The van der Waals surface area contributed by atoms with Crippen LogP contribution in [0.3, 0.4) is 0 Å². The molecule has 78 valence electrons. The molecule has 0 bridgehead atoms. The van der Waals surface area contributed by atoms with Crippen LogP contribution in [-0.4, -0.2) is 5.51 Å². The van der Waals surface area contributed by atoms with Gasteiger partial charge < -0.3 is 0 Å². The third kappa shape index (κ3) is 3.92. The molecule has 0 heterocycles. The highest BCUT2D eigenvalue weighted by Crippen LogP contribution is 2.38. The summed E-state index contributed by atoms with van der Waals surface area (Å²) >= 11 is 3.22. The van der Waals surface area contributed by atoms with Crippen LogP contribution in [0.25, 0.3) is 0 Å². The van der Waals surface area contributed by atoms with E-state index < -0.39 is 5.51 Å². The van der Waals surface area contributed by atoms with Gasteiger partial charge in [-0.1, -0.05) is 28.1 Å². The zero-order valence-corrected chi connectivity index (χ0v) is 9.71. The maximum absolute atomic E-state index is 12.0. The molecule has 0 aliphatic rings. The average Bonchev–Trinajstić information content (AvgIpc) is 2.01. The van der Waals surface area contributed by atoms with Crippen LogP contribution in [0.4, 0.5) is 13.2 Å². The van der Waals surface area contributed by atoms with Gasteiger partial charge in [0.15, 0.2) is 0 Å². The van der Waals surface area contributed by atoms with E-state index in [0.29, 0.717) is 0 Å². The fourth-order valence-electron chi connectivity index (χ4n) is 0.959. The molecular weight excluding hydrogens is 277 g/mol. The van der Waals surface area contributed by atoms with E-state index in [1.165, 1.54) is 12.1 Å². The minimum Gasteiger partial charge on any atom is -0.160 e. The highest BCUT2D eigenvalue weighted by Gasteiger charge is 2.29. The maximum Gasteiger partial charge on any atom is 0.446 e. The van der Waals surface area contributed by atoms with Gasteiger partial charge in [-0.3, -0.25) is 0 Å². The Labute approximate surface area is 93.0 Å². The number of hydrogen-bond acceptors (Lipinski definition) is 1. The highest BCUT2D eigenvalue weighted by molar-refractivity contribution is 9.09. The molecule has 0 saturated heterocycles. The third-order valence-corrected chi connectivity index (χ3v) is 2.80. The number of thioether (sulfide) groups is 1. The SMILES string of the molecule is CC(Br)c1cccc(SC(F)(F)F)c1. The van der Waals surface area contributed by atoms with Gasteiger partial charge in [0.05, 0.1) is 0 Å². The van der Waals surface area contributed by atoms with E-state index in [0.717, 1.165) is 5.56 Å². The van der Waals surface area contributed by atoms with Crippen molar-refractivity contribution in [3.8, 4) is 0 Å². The van der Waals surface area contributed by atoms with Crippen LogP contribution < -0.4 is 0 Å². The number of benzene rings is 1. The Hall–Kier alpha value is -0.160. The van der Waals surface area contributed by atoms with E-state index in [4.69, 9.17) is 0 Å². The number of rotatable bonds is 2. The molecule has 1 aromatic rings. The van der Waals surface area contributed by atoms with Crippen molar-refractivity contribution in [2.24, 2.45) is 0 Å². The standard InChI is InChI=1S/C9H8BrF3S/c1-6(10)7-3-2-4-8(5-7)14-9(11,12)13/h2-6H,1H3. The van der Waals surface area contributed by atoms with Crippen LogP contribution in [-0.2, 0) is 0 Å². The summed E-state index contributed by atoms with van der Waals surface area (Å²) in [5.41, 5.74) is -3.37. The molecule has 0 nitrogen and oxygen atoms in total. The largest absolute Gasteiger partial charge is 0.446 e. The van der Waals surface area contributed by atoms with Gasteiger partial charge in [-0.15, -0.1) is 0 Å². The predicted octanol–water partition coefficient (Wildman–Crippen LogP) is 4.75. The normalized spacial score (nSPS) is 14.1. The average molecular weight is 285 g/mol. The molecule has 0 aliphatic heterocycles. The van der Waals surface area contributed by atoms with E-state index in [9.17, 15) is 13.2 Å². The van der Waals surface area contributed by atoms with Gasteiger partial charge in [-0.2, -0.15) is 13.2 Å². The van der Waals surface area contributed by atoms with Gasteiger partial charge in [-0.05, 0) is 36.4 Å². The smallest absolute Gasteiger partial charge is 0.160 e. The van der Waals surface area contributed by atoms with Crippen LogP contribution in [0, 0.1) is 0 Å². The van der Waals surface area contributed by atoms with Crippen molar-refractivity contribution in [1.82, 2.24) is 0 Å². The molecule has 1 rings (SSSR count). The van der Waals surface area contributed by atoms with Crippen molar-refractivity contribution >= 4 is 27.7 Å². The molecule has 1 unspecified atom stereocenters. The molecule has 1 aromatic carbocycles. The summed E-state index contributed by atoms with van der Waals surface area (Å²) in [5.74, 6) is 0. The molecular formula is C9H8BrF3S. The van der Waals surface area contributed by atoms with Crippen molar-refractivity contribution < 1.29 is 13.2 Å². The first-order chi connectivity index (χ1) is 6.38. The molecule has 0 N–H and O–H groups in total. The number of alkyl halides is 4. The summed E-state index contributed by atoms with van der Waals surface area (Å²) in [7, 11) is 0. The Kier molecular flexibility index (Phi) is 3.89. The Balaban J connectivity index is 2.84. The molecule has 0 saturated carbocycles. The Bertz CT molecular complexity index is 309. The lowest BCUT2D eigenvalue weighted by molar-refractivity contribution is -0.0328. The lowest BCUT2D eigenvalue weighted by Gasteiger charge is -2.08. The molecule has 1 atom stereocenters. The summed E-state index contributed by atoms with van der Waals surface area (Å²) in [6.45, 7) is 1.87. The zero-order valence-electron chi connectivity index (χ0n) is 7.31. The maximum atomic E-state index is 12.0. The minimum atomic E-state index is -4.21. The minimum absolute atomic E-state index is 0.0660. The first-order valence-electron chi connectivity index (χ1n) is 3.88. The quantitative estimate of drug-likeness (QED) is 0.558. The van der Waals surface area contributed by atoms with Gasteiger partial charge in [0.1, 0.15) is 0 Å². The van der Waals surface area contributed by atoms with Crippen LogP contribution in [0.15, 0.2) is 29.2 Å². The van der Waals surface area contributed by atoms with Crippen molar-refractivity contribution in [3.63, 3.8) is 0 Å². The first kappa shape index (κ1) is 11.9. The Morgan fingerprint density at radius 1 is 1.36 bits per heavy atom. The summed E-state index contributed by atoms with van der Waals surface area (Å²) in [5, 5.41) is 0. The molecule has 0 aromatic heterocycles. The van der Waals surface area contributed by atoms with E-state index in [2.05, 4.69) is 15.9 Å². The lowest BCUT2D eigenvalue weighted by atomic mass is 10.2. The van der Waals surface area contributed by atoms with Gasteiger partial charge in [0, 0.05) is 9.72 Å². The van der Waals surface area contributed by atoms with Gasteiger partial charge in [0.2, 0.25) is 0 Å². The Morgan fingerprint density at radius 2 is 2.00 bits per heavy atom. The van der Waals surface area contributed by atoms with E-state index in [1.807, 2.05) is 6.92 Å². The molecule has 14 heavy (non-hydrogen) atoms. The second-order valence-electron chi connectivity index (χ2n) is 2.74. The van der Waals surface area contributed by atoms with Crippen molar-refractivity contribution in [2.75, 3.05) is 0 Å². The van der Waals surface area contributed by atoms with Gasteiger partial charge in [-0.25, -0.2) is 0 Å². The lowest BCUT2D eigenvalue weighted by Crippen LogP contribution is -1.99. The summed E-state index contributed by atoms with van der Waals surface area (Å²) in [6, 6.07) is 6.41. The molecule has 0 aliphatic carbocycles. The predicted molar refractivity (Wildman–Crippen MR) is 55.7 cm³/mol. The van der Waals surface area contributed by atoms with Crippen LogP contribution in [0.2, 0.25) is 0 Å². The van der Waals surface area contributed by atoms with Gasteiger partial charge in [0.25, 0.3) is 0 Å². The monoisotopic (exact) mass is 284 g/mol. The molecule has 0 fully saturated rings. The molecule has 0 spiro atoms. The zero-order chi connectivity index (χ0) is 10.8. The van der Waals surface area contributed by atoms with Crippen molar-refractivity contribution in [1.29, 1.82) is 0 Å². The Morgan fingerprint density at radius 3 is 2.50 bits per heavy atom. The van der Waals surface area contributed by atoms with Gasteiger partial charge >= 0.3 is 5.51 Å². The van der Waals surface area contributed by atoms with E-state index in [-0.39, 0.29) is 21.5 Å². The topological polar surface area (TPSA) is 0 Å². The fourth-order valence-corrected chi connectivity index (χ4v) is 1.85.